The van der Waals surface area contributed by atoms with Crippen molar-refractivity contribution in [1.29, 1.82) is 0 Å². The maximum absolute atomic E-state index is 6.24. The number of aromatic nitrogens is 1. The molecular formula is C17H24NO+. The molecule has 19 heavy (non-hydrogen) atoms. The van der Waals surface area contributed by atoms with E-state index in [0.29, 0.717) is 23.7 Å². The van der Waals surface area contributed by atoms with Crippen molar-refractivity contribution in [3.8, 4) is 0 Å². The van der Waals surface area contributed by atoms with E-state index in [-0.39, 0.29) is 6.10 Å². The SMILES string of the molecule is CC1=CC(C)[C@H]2COC(c3ccc[n+](C)c3)[C@@H]1C2C. The molecule has 2 heteroatoms. The van der Waals surface area contributed by atoms with Crippen LogP contribution in [-0.2, 0) is 11.8 Å². The van der Waals surface area contributed by atoms with Gasteiger partial charge in [-0.05, 0) is 30.7 Å². The maximum Gasteiger partial charge on any atom is 0.174 e. The van der Waals surface area contributed by atoms with Crippen LogP contribution in [0.5, 0.6) is 0 Å². The number of hydrogen-bond donors (Lipinski definition) is 0. The molecule has 2 nitrogen and oxygen atoms in total. The van der Waals surface area contributed by atoms with Gasteiger partial charge in [0, 0.05) is 17.5 Å². The van der Waals surface area contributed by atoms with Crippen LogP contribution in [0.2, 0.25) is 0 Å². The molecule has 2 heterocycles. The minimum Gasteiger partial charge on any atom is -0.372 e. The van der Waals surface area contributed by atoms with Gasteiger partial charge in [-0.2, -0.15) is 0 Å². The van der Waals surface area contributed by atoms with Gasteiger partial charge in [-0.1, -0.05) is 25.5 Å². The van der Waals surface area contributed by atoms with E-state index in [4.69, 9.17) is 4.74 Å². The largest absolute Gasteiger partial charge is 0.372 e. The zero-order valence-electron chi connectivity index (χ0n) is 12.3. The van der Waals surface area contributed by atoms with Crippen molar-refractivity contribution in [2.75, 3.05) is 6.61 Å². The average Bonchev–Trinajstić information content (AvgIpc) is 2.35. The predicted molar refractivity (Wildman–Crippen MR) is 75.4 cm³/mol. The highest BCUT2D eigenvalue weighted by atomic mass is 16.5. The summed E-state index contributed by atoms with van der Waals surface area (Å²) in [5.74, 6) is 2.59. The summed E-state index contributed by atoms with van der Waals surface area (Å²) in [7, 11) is 2.07. The van der Waals surface area contributed by atoms with Crippen LogP contribution in [0.15, 0.2) is 36.2 Å². The van der Waals surface area contributed by atoms with E-state index in [1.54, 1.807) is 0 Å². The minimum absolute atomic E-state index is 0.224. The Bertz CT molecular complexity index is 508. The Kier molecular flexibility index (Phi) is 3.22. The van der Waals surface area contributed by atoms with E-state index in [1.807, 2.05) is 0 Å². The van der Waals surface area contributed by atoms with E-state index in [0.717, 1.165) is 6.61 Å². The molecule has 1 fully saturated rings. The molecule has 1 aromatic rings. The fraction of sp³-hybridized carbons (Fsp3) is 0.588. The molecule has 1 saturated heterocycles. The van der Waals surface area contributed by atoms with Crippen LogP contribution in [0, 0.1) is 23.7 Å². The Labute approximate surface area is 116 Å². The third-order valence-corrected chi connectivity index (χ3v) is 5.05. The first-order valence-electron chi connectivity index (χ1n) is 7.33. The maximum atomic E-state index is 6.24. The lowest BCUT2D eigenvalue weighted by Crippen LogP contribution is -2.43. The molecule has 102 valence electrons. The zero-order valence-corrected chi connectivity index (χ0v) is 12.3. The van der Waals surface area contributed by atoms with E-state index >= 15 is 0 Å². The lowest BCUT2D eigenvalue weighted by molar-refractivity contribution is -0.672. The predicted octanol–water partition coefficient (Wildman–Crippen LogP) is 3.05. The quantitative estimate of drug-likeness (QED) is 0.557. The summed E-state index contributed by atoms with van der Waals surface area (Å²) in [5, 5.41) is 0. The van der Waals surface area contributed by atoms with Gasteiger partial charge in [0.25, 0.3) is 0 Å². The van der Waals surface area contributed by atoms with Crippen molar-refractivity contribution in [3.63, 3.8) is 0 Å². The van der Waals surface area contributed by atoms with Crippen molar-refractivity contribution in [3.05, 3.63) is 41.7 Å². The topological polar surface area (TPSA) is 13.1 Å². The molecule has 2 aliphatic rings. The van der Waals surface area contributed by atoms with Crippen LogP contribution in [0.3, 0.4) is 0 Å². The second-order valence-corrected chi connectivity index (χ2v) is 6.38. The summed E-state index contributed by atoms with van der Waals surface area (Å²) in [6.45, 7) is 7.90. The Hall–Kier alpha value is -1.15. The van der Waals surface area contributed by atoms with E-state index in [2.05, 4.69) is 63.0 Å². The minimum atomic E-state index is 0.224. The number of aryl methyl sites for hydroxylation is 1. The lowest BCUT2D eigenvalue weighted by Gasteiger charge is -2.47. The van der Waals surface area contributed by atoms with Crippen LogP contribution in [0.1, 0.15) is 32.4 Å². The van der Waals surface area contributed by atoms with Gasteiger partial charge in [0.1, 0.15) is 7.05 Å². The molecule has 0 aromatic carbocycles. The van der Waals surface area contributed by atoms with E-state index in [1.165, 1.54) is 11.1 Å². The van der Waals surface area contributed by atoms with Crippen molar-refractivity contribution in [2.45, 2.75) is 26.9 Å². The molecule has 3 unspecified atom stereocenters. The molecule has 0 saturated carbocycles. The summed E-state index contributed by atoms with van der Waals surface area (Å²) < 4.78 is 8.35. The first-order chi connectivity index (χ1) is 9.08. The Balaban J connectivity index is 1.98. The van der Waals surface area contributed by atoms with Gasteiger partial charge in [0.15, 0.2) is 12.4 Å². The van der Waals surface area contributed by atoms with Gasteiger partial charge in [0.2, 0.25) is 0 Å². The van der Waals surface area contributed by atoms with Crippen LogP contribution < -0.4 is 4.57 Å². The molecule has 0 amide bonds. The summed E-state index contributed by atoms with van der Waals surface area (Å²) >= 11 is 0. The monoisotopic (exact) mass is 258 g/mol. The van der Waals surface area contributed by atoms with Crippen LogP contribution >= 0.6 is 0 Å². The molecule has 0 radical (unpaired) electrons. The molecule has 0 N–H and O–H groups in total. The third-order valence-electron chi connectivity index (χ3n) is 5.05. The highest BCUT2D eigenvalue weighted by molar-refractivity contribution is 5.22. The number of ether oxygens (including phenoxy) is 1. The summed E-state index contributed by atoms with van der Waals surface area (Å²) in [6.07, 6.45) is 6.96. The summed E-state index contributed by atoms with van der Waals surface area (Å²) in [6, 6.07) is 4.31. The third kappa shape index (κ3) is 2.12. The highest BCUT2D eigenvalue weighted by Crippen LogP contribution is 2.49. The Morgan fingerprint density at radius 3 is 2.84 bits per heavy atom. The average molecular weight is 258 g/mol. The zero-order chi connectivity index (χ0) is 13.6. The van der Waals surface area contributed by atoms with Crippen molar-refractivity contribution in [2.24, 2.45) is 30.7 Å². The molecule has 1 aliphatic heterocycles. The summed E-state index contributed by atoms with van der Waals surface area (Å²) in [5.41, 5.74) is 2.81. The second-order valence-electron chi connectivity index (χ2n) is 6.38. The summed E-state index contributed by atoms with van der Waals surface area (Å²) in [4.78, 5) is 0. The lowest BCUT2D eigenvalue weighted by atomic mass is 9.65. The van der Waals surface area contributed by atoms with Crippen LogP contribution in [0.25, 0.3) is 0 Å². The van der Waals surface area contributed by atoms with Crippen molar-refractivity contribution >= 4 is 0 Å². The molecule has 0 spiro atoms. The Morgan fingerprint density at radius 2 is 2.11 bits per heavy atom. The molecule has 3 rings (SSSR count). The van der Waals surface area contributed by atoms with Gasteiger partial charge in [-0.3, -0.25) is 0 Å². The normalized spacial score (nSPS) is 37.9. The number of pyridine rings is 1. The van der Waals surface area contributed by atoms with E-state index in [9.17, 15) is 0 Å². The number of fused-ring (bicyclic) bond motifs is 2. The molecule has 1 aliphatic carbocycles. The second kappa shape index (κ2) is 4.75. The first-order valence-corrected chi connectivity index (χ1v) is 7.33. The smallest absolute Gasteiger partial charge is 0.174 e. The molecule has 5 atom stereocenters. The van der Waals surface area contributed by atoms with E-state index < -0.39 is 0 Å². The van der Waals surface area contributed by atoms with Gasteiger partial charge >= 0.3 is 0 Å². The van der Waals surface area contributed by atoms with Crippen LogP contribution in [-0.4, -0.2) is 6.61 Å². The Morgan fingerprint density at radius 1 is 1.32 bits per heavy atom. The molecule has 2 bridgehead atoms. The fourth-order valence-electron chi connectivity index (χ4n) is 4.03. The van der Waals surface area contributed by atoms with Gasteiger partial charge in [0.05, 0.1) is 12.7 Å². The number of nitrogens with zero attached hydrogens (tertiary/aromatic N) is 1. The first kappa shape index (κ1) is 12.9. The number of rotatable bonds is 1. The van der Waals surface area contributed by atoms with Gasteiger partial charge in [-0.15, -0.1) is 0 Å². The number of allylic oxidation sites excluding steroid dienone is 1. The van der Waals surface area contributed by atoms with Crippen molar-refractivity contribution < 1.29 is 9.30 Å². The van der Waals surface area contributed by atoms with Gasteiger partial charge < -0.3 is 4.74 Å². The highest BCUT2D eigenvalue weighted by Gasteiger charge is 2.44. The molecular weight excluding hydrogens is 234 g/mol. The van der Waals surface area contributed by atoms with Gasteiger partial charge in [-0.25, -0.2) is 4.57 Å². The molecule has 1 aromatic heterocycles. The van der Waals surface area contributed by atoms with Crippen LogP contribution in [0.4, 0.5) is 0 Å². The fourth-order valence-corrected chi connectivity index (χ4v) is 4.03. The standard InChI is InChI=1S/C17H24NO/c1-11-8-12(2)16-13(3)15(11)10-19-17(16)14-6-5-7-18(4)9-14/h5-9,11,13,15-17H,10H2,1-4H3/q+1/t11?,13?,15-,16+,17?/m1/s1. The van der Waals surface area contributed by atoms with Crippen molar-refractivity contribution in [1.82, 2.24) is 0 Å². The number of hydrogen-bond acceptors (Lipinski definition) is 1.